The fourth-order valence-electron chi connectivity index (χ4n) is 0.0115. The normalized spacial score (nSPS) is 11.7. The van der Waals surface area contributed by atoms with Gasteiger partial charge in [0, 0.05) is 0 Å². The largest absolute Gasteiger partial charge is 0.457 e. The summed E-state index contributed by atoms with van der Waals surface area (Å²) in [5.74, 6) is 0. The molecule has 0 heterocycles. The van der Waals surface area contributed by atoms with E-state index in [1.54, 1.807) is 0 Å². The lowest BCUT2D eigenvalue weighted by Crippen LogP contribution is -2.00. The van der Waals surface area contributed by atoms with Crippen LogP contribution in [0.2, 0.25) is 0 Å². The number of rotatable bonds is 2. The zero-order valence-corrected chi connectivity index (χ0v) is 3.68. The molecule has 0 radical (unpaired) electrons. The van der Waals surface area contributed by atoms with Gasteiger partial charge in [0.2, 0.25) is 0 Å². The Morgan fingerprint density at radius 3 is 2.00 bits per heavy atom. The first-order chi connectivity index (χ1) is 3.12. The highest BCUT2D eigenvalue weighted by Crippen LogP contribution is 1.90. The molecule has 0 aromatic heterocycles. The molecule has 0 bridgehead atoms. The monoisotopic (exact) mass is 132 g/mol. The van der Waals surface area contributed by atoms with Crippen molar-refractivity contribution in [2.75, 3.05) is 0 Å². The Hall–Kier alpha value is -0.240. The minimum atomic E-state index is -4.77. The first kappa shape index (κ1) is 6.76. The number of hydrogen-bond acceptors (Lipinski definition) is 5. The maximum Gasteiger partial charge on any atom is 0.457 e. The molecule has 0 atom stereocenters. The second-order valence-electron chi connectivity index (χ2n) is 0.546. The Kier molecular flexibility index (Phi) is 2.09. The van der Waals surface area contributed by atoms with Crippen molar-refractivity contribution in [2.24, 2.45) is 0 Å². The molecule has 0 aliphatic rings. The van der Waals surface area contributed by atoms with E-state index in [0.717, 1.165) is 0 Å². The van der Waals surface area contributed by atoms with Gasteiger partial charge in [-0.2, -0.15) is 8.42 Å². The van der Waals surface area contributed by atoms with Crippen LogP contribution in [0.4, 0.5) is 4.53 Å². The summed E-state index contributed by atoms with van der Waals surface area (Å²) in [4.78, 5) is 0. The lowest BCUT2D eigenvalue weighted by molar-refractivity contribution is -0.162. The smallest absolute Gasteiger partial charge is 0.233 e. The molecule has 7 heteroatoms. The van der Waals surface area contributed by atoms with Crippen molar-refractivity contribution >= 4 is 10.4 Å². The summed E-state index contributed by atoms with van der Waals surface area (Å²) >= 11 is 0. The quantitative estimate of drug-likeness (QED) is 0.409. The molecule has 0 aromatic rings. The van der Waals surface area contributed by atoms with Crippen molar-refractivity contribution in [3.63, 3.8) is 0 Å². The fraction of sp³-hybridized carbons (Fsp3) is 0. The topological polar surface area (TPSA) is 72.8 Å². The lowest BCUT2D eigenvalue weighted by Gasteiger charge is -1.83. The van der Waals surface area contributed by atoms with E-state index in [9.17, 15) is 12.9 Å². The zero-order chi connectivity index (χ0) is 5.91. The fourth-order valence-corrected chi connectivity index (χ4v) is 0.0345. The van der Waals surface area contributed by atoms with Gasteiger partial charge in [0.25, 0.3) is 0 Å². The van der Waals surface area contributed by atoms with E-state index >= 15 is 0 Å². The van der Waals surface area contributed by atoms with Gasteiger partial charge < -0.3 is 0 Å². The average molecular weight is 132 g/mol. The second kappa shape index (κ2) is 2.17. The van der Waals surface area contributed by atoms with Crippen LogP contribution in [0, 0.1) is 0 Å². The summed E-state index contributed by atoms with van der Waals surface area (Å²) in [6.07, 6.45) is 0. The summed E-state index contributed by atoms with van der Waals surface area (Å²) in [6, 6.07) is 0. The molecule has 7 heavy (non-hydrogen) atoms. The molecule has 0 saturated heterocycles. The van der Waals surface area contributed by atoms with Crippen molar-refractivity contribution in [3.8, 4) is 0 Å². The molecule has 0 fully saturated rings. The van der Waals surface area contributed by atoms with Gasteiger partial charge in [0.1, 0.15) is 0 Å². The maximum absolute atomic E-state index is 10.4. The molecule has 0 amide bonds. The second-order valence-corrected chi connectivity index (χ2v) is 1.64. The minimum absolute atomic E-state index is 2.09. The number of halogens is 1. The zero-order valence-electron chi connectivity index (χ0n) is 2.87. The third-order valence-corrected chi connectivity index (χ3v) is 0.505. The maximum atomic E-state index is 10.4. The van der Waals surface area contributed by atoms with Gasteiger partial charge >= 0.3 is 10.4 Å². The molecule has 0 unspecified atom stereocenters. The van der Waals surface area contributed by atoms with Crippen LogP contribution in [0.3, 0.4) is 0 Å². The predicted octanol–water partition coefficient (Wildman–Crippen LogP) is -0.378. The molecule has 44 valence electrons. The summed E-state index contributed by atoms with van der Waals surface area (Å²) in [5.41, 5.74) is 0. The van der Waals surface area contributed by atoms with Crippen LogP contribution in [0.25, 0.3) is 0 Å². The highest BCUT2D eigenvalue weighted by molar-refractivity contribution is 7.81. The average Bonchev–Trinajstić information content (AvgIpc) is 1.68. The Labute approximate surface area is 38.4 Å². The Morgan fingerprint density at radius 1 is 1.57 bits per heavy atom. The van der Waals surface area contributed by atoms with E-state index < -0.39 is 10.4 Å². The van der Waals surface area contributed by atoms with Crippen molar-refractivity contribution in [1.82, 2.24) is 0 Å². The van der Waals surface area contributed by atoms with Gasteiger partial charge in [0.05, 0.1) is 0 Å². The number of hydrogen-bond donors (Lipinski definition) is 1. The molecule has 5 nitrogen and oxygen atoms in total. The SMILES string of the molecule is O=S(=O)(OO)OF. The van der Waals surface area contributed by atoms with Crippen molar-refractivity contribution in [1.29, 1.82) is 0 Å². The van der Waals surface area contributed by atoms with Crippen LogP contribution < -0.4 is 0 Å². The van der Waals surface area contributed by atoms with Crippen LogP contribution in [0.1, 0.15) is 0 Å². The van der Waals surface area contributed by atoms with Gasteiger partial charge in [-0.15, -0.1) is 0 Å². The van der Waals surface area contributed by atoms with Gasteiger partial charge in [-0.05, 0) is 8.91 Å². The van der Waals surface area contributed by atoms with E-state index in [2.05, 4.69) is 8.72 Å². The molecular formula is HFO5S. The summed E-state index contributed by atoms with van der Waals surface area (Å²) in [7, 11) is -4.77. The van der Waals surface area contributed by atoms with Crippen LogP contribution in [0.5, 0.6) is 0 Å². The molecule has 0 spiro atoms. The van der Waals surface area contributed by atoms with E-state index in [4.69, 9.17) is 5.26 Å². The van der Waals surface area contributed by atoms with E-state index in [-0.39, 0.29) is 0 Å². The van der Waals surface area contributed by atoms with Crippen LogP contribution in [-0.2, 0) is 19.1 Å². The van der Waals surface area contributed by atoms with Gasteiger partial charge in [-0.3, -0.25) is 0 Å². The van der Waals surface area contributed by atoms with Crippen LogP contribution in [0.15, 0.2) is 0 Å². The van der Waals surface area contributed by atoms with Crippen LogP contribution >= 0.6 is 0 Å². The van der Waals surface area contributed by atoms with Crippen molar-refractivity contribution in [3.05, 3.63) is 0 Å². The third kappa shape index (κ3) is 2.45. The Bertz CT molecular complexity index is 111. The first-order valence-corrected chi connectivity index (χ1v) is 2.34. The minimum Gasteiger partial charge on any atom is -0.233 e. The summed E-state index contributed by atoms with van der Waals surface area (Å²) < 4.78 is 33.5. The van der Waals surface area contributed by atoms with Crippen LogP contribution in [-0.4, -0.2) is 13.7 Å². The molecule has 0 aliphatic heterocycles. The van der Waals surface area contributed by atoms with Gasteiger partial charge in [-0.25, -0.2) is 5.26 Å². The van der Waals surface area contributed by atoms with Crippen molar-refractivity contribution < 1.29 is 26.9 Å². The predicted molar refractivity (Wildman–Crippen MR) is 14.8 cm³/mol. The molecular weight excluding hydrogens is 131 g/mol. The lowest BCUT2D eigenvalue weighted by atomic mass is 15.0. The molecule has 0 aliphatic carbocycles. The Morgan fingerprint density at radius 2 is 2.00 bits per heavy atom. The van der Waals surface area contributed by atoms with Crippen molar-refractivity contribution in [2.45, 2.75) is 0 Å². The van der Waals surface area contributed by atoms with E-state index in [1.807, 2.05) is 0 Å². The third-order valence-electron chi connectivity index (χ3n) is 0.168. The first-order valence-electron chi connectivity index (χ1n) is 1.00. The highest BCUT2D eigenvalue weighted by atomic mass is 32.3. The standard InChI is InChI=1S/FHO5S/c1-5-7(3,4)6-2/h2H. The van der Waals surface area contributed by atoms with Gasteiger partial charge in [0.15, 0.2) is 0 Å². The highest BCUT2D eigenvalue weighted by Gasteiger charge is 2.09. The molecule has 1 N–H and O–H groups in total. The molecule has 0 aromatic carbocycles. The van der Waals surface area contributed by atoms with E-state index in [0.29, 0.717) is 0 Å². The molecule has 0 rings (SSSR count). The summed E-state index contributed by atoms with van der Waals surface area (Å²) in [5, 5.41) is 7.14. The van der Waals surface area contributed by atoms with E-state index in [1.165, 1.54) is 0 Å². The summed E-state index contributed by atoms with van der Waals surface area (Å²) in [6.45, 7) is 0. The Balaban J connectivity index is 3.89. The van der Waals surface area contributed by atoms with Gasteiger partial charge in [-0.1, -0.05) is 4.33 Å². The molecule has 0 saturated carbocycles.